The molecule has 0 amide bonds. The van der Waals surface area contributed by atoms with E-state index in [9.17, 15) is 4.79 Å². The highest BCUT2D eigenvalue weighted by Gasteiger charge is 2.07. The number of methoxy groups -OCH3 is 1. The number of nitrogens with zero attached hydrogens (tertiary/aromatic N) is 1. The number of carbonyl (C=O) groups excluding carboxylic acids is 1. The van der Waals surface area contributed by atoms with Gasteiger partial charge in [0.25, 0.3) is 0 Å². The molecule has 2 N–H and O–H groups in total. The first-order valence-corrected chi connectivity index (χ1v) is 6.88. The second-order valence-corrected chi connectivity index (χ2v) is 4.93. The predicted octanol–water partition coefficient (Wildman–Crippen LogP) is 3.02. The Balaban J connectivity index is 1.94. The molecule has 0 fully saturated rings. The normalized spacial score (nSPS) is 11.1. The van der Waals surface area contributed by atoms with E-state index in [-0.39, 0.29) is 5.84 Å². The summed E-state index contributed by atoms with van der Waals surface area (Å²) in [6.45, 7) is 0. The fraction of sp³-hybridized carbons (Fsp3) is 0.125. The Morgan fingerprint density at radius 2 is 1.77 bits per heavy atom. The zero-order valence-corrected chi connectivity index (χ0v) is 12.7. The number of carbonyl (C=O) groups is 1. The number of benzene rings is 2. The van der Waals surface area contributed by atoms with Gasteiger partial charge in [0, 0.05) is 11.4 Å². The highest BCUT2D eigenvalue weighted by atomic mass is 35.5. The van der Waals surface area contributed by atoms with Gasteiger partial charge in [-0.3, -0.25) is 0 Å². The Labute approximate surface area is 133 Å². The van der Waals surface area contributed by atoms with Crippen molar-refractivity contribution < 1.29 is 14.4 Å². The van der Waals surface area contributed by atoms with Crippen LogP contribution < -0.4 is 10.5 Å². The van der Waals surface area contributed by atoms with E-state index in [1.54, 1.807) is 43.5 Å². The third-order valence-electron chi connectivity index (χ3n) is 2.87. The Bertz CT molecular complexity index is 667. The Morgan fingerprint density at radius 3 is 2.36 bits per heavy atom. The average molecular weight is 319 g/mol. The number of hydrogen-bond donors (Lipinski definition) is 1. The van der Waals surface area contributed by atoms with Crippen LogP contribution in [-0.2, 0) is 11.3 Å². The van der Waals surface area contributed by atoms with E-state index in [2.05, 4.69) is 5.16 Å². The van der Waals surface area contributed by atoms with Gasteiger partial charge in [-0.05, 0) is 42.0 Å². The number of oxime groups is 1. The quantitative estimate of drug-likeness (QED) is 0.398. The number of halogens is 1. The number of hydrogen-bond acceptors (Lipinski definition) is 4. The number of amidine groups is 1. The maximum atomic E-state index is 11.8. The summed E-state index contributed by atoms with van der Waals surface area (Å²) >= 11 is 5.80. The van der Waals surface area contributed by atoms with Crippen LogP contribution in [0.15, 0.2) is 53.7 Å². The topological polar surface area (TPSA) is 73.9 Å². The summed E-state index contributed by atoms with van der Waals surface area (Å²) in [6, 6.07) is 13.7. The molecule has 0 saturated heterocycles. The summed E-state index contributed by atoms with van der Waals surface area (Å²) in [7, 11) is 1.55. The molecular weight excluding hydrogens is 304 g/mol. The van der Waals surface area contributed by atoms with Crippen molar-refractivity contribution >= 4 is 23.4 Å². The summed E-state index contributed by atoms with van der Waals surface area (Å²) in [5.74, 6) is 0.271. The number of rotatable bonds is 5. The van der Waals surface area contributed by atoms with Crippen molar-refractivity contribution in [3.05, 3.63) is 64.7 Å². The molecule has 22 heavy (non-hydrogen) atoms. The van der Waals surface area contributed by atoms with Crippen molar-refractivity contribution in [2.24, 2.45) is 10.9 Å². The van der Waals surface area contributed by atoms with Gasteiger partial charge in [0.1, 0.15) is 11.6 Å². The summed E-state index contributed by atoms with van der Waals surface area (Å²) in [5, 5.41) is 4.29. The molecule has 114 valence electrons. The molecule has 0 radical (unpaired) electrons. The largest absolute Gasteiger partial charge is 0.497 e. The lowest BCUT2D eigenvalue weighted by atomic mass is 10.1. The van der Waals surface area contributed by atoms with Crippen molar-refractivity contribution in [2.45, 2.75) is 6.42 Å². The standard InChI is InChI=1S/C16H15ClN2O3/c1-21-14-8-4-12(5-9-14)16(20)22-19-15(18)10-11-2-6-13(17)7-3-11/h2-9H,10H2,1H3,(H2,18,19). The Kier molecular flexibility index (Phi) is 5.38. The van der Waals surface area contributed by atoms with Gasteiger partial charge in [-0.2, -0.15) is 0 Å². The van der Waals surface area contributed by atoms with Crippen molar-refractivity contribution in [3.8, 4) is 5.75 Å². The summed E-state index contributed by atoms with van der Waals surface area (Å²) < 4.78 is 5.01. The van der Waals surface area contributed by atoms with Crippen LogP contribution in [0.4, 0.5) is 0 Å². The van der Waals surface area contributed by atoms with Gasteiger partial charge in [-0.25, -0.2) is 4.79 Å². The molecular formula is C16H15ClN2O3. The van der Waals surface area contributed by atoms with Crippen LogP contribution in [0.25, 0.3) is 0 Å². The van der Waals surface area contributed by atoms with Gasteiger partial charge in [0.2, 0.25) is 0 Å². The molecule has 0 aliphatic rings. The molecule has 2 aromatic rings. The second kappa shape index (κ2) is 7.47. The van der Waals surface area contributed by atoms with Crippen molar-refractivity contribution in [3.63, 3.8) is 0 Å². The Morgan fingerprint density at radius 1 is 1.14 bits per heavy atom. The molecule has 0 saturated carbocycles. The average Bonchev–Trinajstić information content (AvgIpc) is 2.55. The van der Waals surface area contributed by atoms with Gasteiger partial charge in [0.15, 0.2) is 0 Å². The van der Waals surface area contributed by atoms with Crippen LogP contribution in [0.1, 0.15) is 15.9 Å². The van der Waals surface area contributed by atoms with Gasteiger partial charge >= 0.3 is 5.97 Å². The number of nitrogens with two attached hydrogens (primary N) is 1. The predicted molar refractivity (Wildman–Crippen MR) is 85.2 cm³/mol. The highest BCUT2D eigenvalue weighted by molar-refractivity contribution is 6.30. The molecule has 2 rings (SSSR count). The molecule has 0 unspecified atom stereocenters. The van der Waals surface area contributed by atoms with E-state index in [0.29, 0.717) is 22.8 Å². The van der Waals surface area contributed by atoms with E-state index < -0.39 is 5.97 Å². The van der Waals surface area contributed by atoms with E-state index in [4.69, 9.17) is 26.9 Å². The lowest BCUT2D eigenvalue weighted by molar-refractivity contribution is 0.0515. The number of ether oxygens (including phenoxy) is 1. The SMILES string of the molecule is COc1ccc(C(=O)ON=C(N)Cc2ccc(Cl)cc2)cc1. The van der Waals surface area contributed by atoms with Crippen molar-refractivity contribution in [2.75, 3.05) is 7.11 Å². The smallest absolute Gasteiger partial charge is 0.365 e. The molecule has 0 aromatic heterocycles. The van der Waals surface area contributed by atoms with Gasteiger partial charge in [-0.15, -0.1) is 0 Å². The minimum atomic E-state index is -0.582. The monoisotopic (exact) mass is 318 g/mol. The van der Waals surface area contributed by atoms with Gasteiger partial charge in [-0.1, -0.05) is 28.9 Å². The second-order valence-electron chi connectivity index (χ2n) is 4.49. The molecule has 0 aliphatic carbocycles. The van der Waals surface area contributed by atoms with Crippen LogP contribution in [0.3, 0.4) is 0 Å². The first-order valence-electron chi connectivity index (χ1n) is 6.50. The lowest BCUT2D eigenvalue weighted by Gasteiger charge is -2.03. The van der Waals surface area contributed by atoms with E-state index >= 15 is 0 Å². The zero-order valence-electron chi connectivity index (χ0n) is 12.0. The minimum absolute atomic E-state index is 0.198. The maximum absolute atomic E-state index is 11.8. The minimum Gasteiger partial charge on any atom is -0.497 e. The van der Waals surface area contributed by atoms with E-state index in [1.807, 2.05) is 12.1 Å². The van der Waals surface area contributed by atoms with E-state index in [0.717, 1.165) is 5.56 Å². The fourth-order valence-corrected chi connectivity index (χ4v) is 1.85. The third kappa shape index (κ3) is 4.49. The van der Waals surface area contributed by atoms with Crippen molar-refractivity contribution in [1.29, 1.82) is 0 Å². The van der Waals surface area contributed by atoms with Crippen LogP contribution in [-0.4, -0.2) is 18.9 Å². The maximum Gasteiger partial charge on any atom is 0.365 e. The Hall–Kier alpha value is -2.53. The highest BCUT2D eigenvalue weighted by Crippen LogP contribution is 2.12. The molecule has 0 spiro atoms. The van der Waals surface area contributed by atoms with Crippen LogP contribution in [0.5, 0.6) is 5.75 Å². The van der Waals surface area contributed by atoms with Crippen molar-refractivity contribution in [1.82, 2.24) is 0 Å². The first-order chi connectivity index (χ1) is 10.6. The molecule has 0 aliphatic heterocycles. The van der Waals surface area contributed by atoms with Crippen LogP contribution in [0.2, 0.25) is 5.02 Å². The molecule has 0 atom stereocenters. The van der Waals surface area contributed by atoms with Crippen LogP contribution >= 0.6 is 11.6 Å². The first kappa shape index (κ1) is 15.9. The van der Waals surface area contributed by atoms with Gasteiger partial charge < -0.3 is 15.3 Å². The summed E-state index contributed by atoms with van der Waals surface area (Å²) in [6.07, 6.45) is 0.368. The fourth-order valence-electron chi connectivity index (χ4n) is 1.72. The lowest BCUT2D eigenvalue weighted by Crippen LogP contribution is -2.16. The third-order valence-corrected chi connectivity index (χ3v) is 3.12. The summed E-state index contributed by atoms with van der Waals surface area (Å²) in [4.78, 5) is 16.6. The zero-order chi connectivity index (χ0) is 15.9. The van der Waals surface area contributed by atoms with Crippen LogP contribution in [0, 0.1) is 0 Å². The summed E-state index contributed by atoms with van der Waals surface area (Å²) in [5.41, 5.74) is 7.02. The van der Waals surface area contributed by atoms with Gasteiger partial charge in [0.05, 0.1) is 12.7 Å². The van der Waals surface area contributed by atoms with E-state index in [1.165, 1.54) is 0 Å². The molecule has 5 nitrogen and oxygen atoms in total. The molecule has 2 aromatic carbocycles. The molecule has 6 heteroatoms. The molecule has 0 heterocycles. The molecule has 0 bridgehead atoms.